The molecule has 0 radical (unpaired) electrons. The Kier molecular flexibility index (Phi) is 5.81. The zero-order valence-electron chi connectivity index (χ0n) is 7.83. The number of hydrogen-bond acceptors (Lipinski definition) is 1. The highest BCUT2D eigenvalue weighted by atomic mass is 14.9. The second kappa shape index (κ2) is 6.48. The second-order valence-electron chi connectivity index (χ2n) is 2.54. The average molecular weight is 164 g/mol. The fourth-order valence-electron chi connectivity index (χ4n) is 1.24. The molecule has 0 fully saturated rings. The van der Waals surface area contributed by atoms with Crippen LogP contribution >= 0.6 is 0 Å². The van der Waals surface area contributed by atoms with Crippen LogP contribution in [0.1, 0.15) is 26.0 Å². The molecule has 0 aliphatic heterocycles. The third kappa shape index (κ3) is 2.79. The van der Waals surface area contributed by atoms with Gasteiger partial charge in [-0.1, -0.05) is 13.3 Å². The van der Waals surface area contributed by atoms with Crippen LogP contribution < -0.4 is 0 Å². The Morgan fingerprint density at radius 1 is 1.42 bits per heavy atom. The van der Waals surface area contributed by atoms with Crippen LogP contribution in [0.4, 0.5) is 0 Å². The van der Waals surface area contributed by atoms with E-state index in [0.717, 1.165) is 6.54 Å². The van der Waals surface area contributed by atoms with Gasteiger partial charge in [0.05, 0.1) is 0 Å². The van der Waals surface area contributed by atoms with E-state index >= 15 is 0 Å². The molecule has 1 aromatic heterocycles. The van der Waals surface area contributed by atoms with E-state index in [1.54, 1.807) is 0 Å². The molecule has 0 amide bonds. The third-order valence-corrected chi connectivity index (χ3v) is 1.77. The quantitative estimate of drug-likeness (QED) is 0.675. The zero-order valence-corrected chi connectivity index (χ0v) is 7.83. The van der Waals surface area contributed by atoms with Gasteiger partial charge in [0, 0.05) is 25.0 Å². The molecule has 0 spiro atoms. The van der Waals surface area contributed by atoms with E-state index < -0.39 is 0 Å². The van der Waals surface area contributed by atoms with Crippen LogP contribution in [0.15, 0.2) is 18.3 Å². The van der Waals surface area contributed by atoms with E-state index in [0.29, 0.717) is 0 Å². The Morgan fingerprint density at radius 3 is 2.58 bits per heavy atom. The van der Waals surface area contributed by atoms with Crippen molar-refractivity contribution in [2.45, 2.75) is 33.2 Å². The molecule has 1 aromatic rings. The number of nitrogens with zero attached hydrogens (tertiary/aromatic N) is 2. The second-order valence-corrected chi connectivity index (χ2v) is 2.54. The zero-order chi connectivity index (χ0) is 9.40. The summed E-state index contributed by atoms with van der Waals surface area (Å²) in [6.45, 7) is 8.99. The van der Waals surface area contributed by atoms with Gasteiger partial charge in [-0.3, -0.25) is 0 Å². The van der Waals surface area contributed by atoms with Gasteiger partial charge in [0.1, 0.15) is 0 Å². The van der Waals surface area contributed by atoms with Gasteiger partial charge in [-0.25, -0.2) is 5.26 Å². The fraction of sp³-hybridized carbons (Fsp3) is 0.500. The first-order valence-corrected chi connectivity index (χ1v) is 4.28. The average Bonchev–Trinajstić information content (AvgIpc) is 2.56. The van der Waals surface area contributed by atoms with E-state index in [2.05, 4.69) is 43.3 Å². The summed E-state index contributed by atoms with van der Waals surface area (Å²) in [5.74, 6) is 0. The highest BCUT2D eigenvalue weighted by Gasteiger charge is 1.94. The molecule has 0 aliphatic carbocycles. The molecule has 0 aromatic carbocycles. The van der Waals surface area contributed by atoms with Crippen LogP contribution in [0.2, 0.25) is 0 Å². The van der Waals surface area contributed by atoms with Crippen molar-refractivity contribution in [3.63, 3.8) is 0 Å². The van der Waals surface area contributed by atoms with Crippen molar-refractivity contribution in [3.8, 4) is 6.57 Å². The van der Waals surface area contributed by atoms with E-state index in [1.165, 1.54) is 18.5 Å². The van der Waals surface area contributed by atoms with Crippen LogP contribution in [-0.4, -0.2) is 4.57 Å². The van der Waals surface area contributed by atoms with Crippen molar-refractivity contribution in [1.29, 1.82) is 5.26 Å². The lowest BCUT2D eigenvalue weighted by Gasteiger charge is -2.03. The first-order valence-electron chi connectivity index (χ1n) is 4.28. The van der Waals surface area contributed by atoms with Gasteiger partial charge >= 0.3 is 0 Å². The molecule has 0 N–H and O–H groups in total. The highest BCUT2D eigenvalue weighted by molar-refractivity contribution is 5.06. The van der Waals surface area contributed by atoms with Gasteiger partial charge < -0.3 is 4.57 Å². The number of aryl methyl sites for hydroxylation is 2. The maximum atomic E-state index is 6.50. The summed E-state index contributed by atoms with van der Waals surface area (Å²) >= 11 is 0. The molecule has 0 saturated carbocycles. The van der Waals surface area contributed by atoms with Crippen molar-refractivity contribution in [3.05, 3.63) is 24.0 Å². The normalized spacial score (nSPS) is 8.67. The van der Waals surface area contributed by atoms with Crippen LogP contribution in [0.25, 0.3) is 0 Å². The summed E-state index contributed by atoms with van der Waals surface area (Å²) < 4.78 is 2.30. The molecule has 1 heterocycles. The fourth-order valence-corrected chi connectivity index (χ4v) is 1.24. The lowest BCUT2D eigenvalue weighted by Crippen LogP contribution is -1.97. The number of hydrogen-bond donors (Lipinski definition) is 0. The molecule has 0 unspecified atom stereocenters. The van der Waals surface area contributed by atoms with E-state index in [1.807, 2.05) is 0 Å². The summed E-state index contributed by atoms with van der Waals surface area (Å²) in [7, 11) is 0. The first-order chi connectivity index (χ1) is 5.88. The molecule has 0 aliphatic rings. The molecular formula is C10H16N2. The Morgan fingerprint density at radius 2 is 2.08 bits per heavy atom. The van der Waals surface area contributed by atoms with Crippen LogP contribution in [-0.2, 0) is 13.0 Å². The molecule has 2 nitrogen and oxygen atoms in total. The van der Waals surface area contributed by atoms with Gasteiger partial charge in [0.15, 0.2) is 0 Å². The Balaban J connectivity index is 0.000000561. The standard InChI is InChI=1S/C9H15N.CHN/c1-3-6-9-7-5-8-10(9)4-2;1-2/h5,7-8H,3-4,6H2,1-2H3;1H. The maximum Gasteiger partial charge on any atom is 0.0462 e. The number of aromatic nitrogens is 1. The Bertz CT molecular complexity index is 223. The molecule has 0 saturated heterocycles. The topological polar surface area (TPSA) is 28.7 Å². The molecule has 0 atom stereocenters. The highest BCUT2D eigenvalue weighted by Crippen LogP contribution is 2.04. The minimum Gasteiger partial charge on any atom is -0.352 e. The summed E-state index contributed by atoms with van der Waals surface area (Å²) in [5.41, 5.74) is 1.46. The molecule has 1 rings (SSSR count). The van der Waals surface area contributed by atoms with Crippen molar-refractivity contribution in [2.75, 3.05) is 0 Å². The van der Waals surface area contributed by atoms with Gasteiger partial charge in [0.25, 0.3) is 0 Å². The van der Waals surface area contributed by atoms with Gasteiger partial charge in [-0.05, 0) is 25.5 Å². The minimum absolute atomic E-state index is 1.10. The number of rotatable bonds is 3. The molecule has 12 heavy (non-hydrogen) atoms. The van der Waals surface area contributed by atoms with Crippen molar-refractivity contribution in [1.82, 2.24) is 4.57 Å². The first kappa shape index (κ1) is 10.8. The lowest BCUT2D eigenvalue weighted by atomic mass is 10.2. The predicted octanol–water partition coefficient (Wildman–Crippen LogP) is 2.60. The molecule has 0 bridgehead atoms. The van der Waals surface area contributed by atoms with Gasteiger partial charge in [-0.2, -0.15) is 0 Å². The molecule has 66 valence electrons. The van der Waals surface area contributed by atoms with E-state index in [-0.39, 0.29) is 0 Å². The SMILES string of the molecule is C#N.CCCc1cccn1CC. The third-order valence-electron chi connectivity index (χ3n) is 1.77. The number of nitriles is 1. The van der Waals surface area contributed by atoms with Crippen molar-refractivity contribution >= 4 is 0 Å². The maximum absolute atomic E-state index is 6.50. The summed E-state index contributed by atoms with van der Waals surface area (Å²) in [4.78, 5) is 0. The summed E-state index contributed by atoms with van der Waals surface area (Å²) in [5, 5.41) is 6.50. The van der Waals surface area contributed by atoms with E-state index in [9.17, 15) is 0 Å². The van der Waals surface area contributed by atoms with Crippen LogP contribution in [0.3, 0.4) is 0 Å². The minimum atomic E-state index is 1.10. The Hall–Kier alpha value is -1.23. The lowest BCUT2D eigenvalue weighted by molar-refractivity contribution is 0.701. The summed E-state index contributed by atoms with van der Waals surface area (Å²) in [6.07, 6.45) is 4.59. The van der Waals surface area contributed by atoms with Crippen LogP contribution in [0, 0.1) is 11.8 Å². The molecular weight excluding hydrogens is 148 g/mol. The summed E-state index contributed by atoms with van der Waals surface area (Å²) in [6, 6.07) is 4.32. The van der Waals surface area contributed by atoms with Gasteiger partial charge in [0.2, 0.25) is 0 Å². The van der Waals surface area contributed by atoms with Gasteiger partial charge in [-0.15, -0.1) is 0 Å². The monoisotopic (exact) mass is 164 g/mol. The Labute approximate surface area is 74.4 Å². The van der Waals surface area contributed by atoms with Crippen molar-refractivity contribution < 1.29 is 0 Å². The van der Waals surface area contributed by atoms with E-state index in [4.69, 9.17) is 5.26 Å². The predicted molar refractivity (Wildman–Crippen MR) is 50.8 cm³/mol. The van der Waals surface area contributed by atoms with Crippen molar-refractivity contribution in [2.24, 2.45) is 0 Å². The molecule has 2 heteroatoms. The largest absolute Gasteiger partial charge is 0.352 e. The van der Waals surface area contributed by atoms with Crippen LogP contribution in [0.5, 0.6) is 0 Å². The smallest absolute Gasteiger partial charge is 0.0462 e.